The lowest BCUT2D eigenvalue weighted by Gasteiger charge is -2.08. The van der Waals surface area contributed by atoms with Crippen LogP contribution in [0.4, 0.5) is 0 Å². The average Bonchev–Trinajstić information content (AvgIpc) is 3.33. The second-order valence-corrected chi connectivity index (χ2v) is 8.58. The molecule has 4 aromatic rings. The van der Waals surface area contributed by atoms with Crippen molar-refractivity contribution >= 4 is 28.8 Å². The summed E-state index contributed by atoms with van der Waals surface area (Å²) in [6, 6.07) is 25.5. The SMILES string of the molecule is O=C(CCCOc1ccc(Cl)cc1)NCc1cccc(-c2nc(-c3ccccc3)cs2)c1. The molecule has 0 unspecified atom stereocenters. The fourth-order valence-electron chi connectivity index (χ4n) is 3.20. The van der Waals surface area contributed by atoms with Crippen LogP contribution in [0.3, 0.4) is 0 Å². The third-order valence-corrected chi connectivity index (χ3v) is 6.01. The number of halogens is 1. The van der Waals surface area contributed by atoms with Crippen LogP contribution in [-0.2, 0) is 11.3 Å². The third kappa shape index (κ3) is 6.19. The molecule has 0 spiro atoms. The van der Waals surface area contributed by atoms with Crippen molar-refractivity contribution in [1.29, 1.82) is 0 Å². The summed E-state index contributed by atoms with van der Waals surface area (Å²) in [7, 11) is 0. The minimum absolute atomic E-state index is 0.00993. The van der Waals surface area contributed by atoms with Gasteiger partial charge in [0.2, 0.25) is 5.91 Å². The van der Waals surface area contributed by atoms with Crippen molar-refractivity contribution in [3.63, 3.8) is 0 Å². The first kappa shape index (κ1) is 22.1. The van der Waals surface area contributed by atoms with Gasteiger partial charge in [0.1, 0.15) is 10.8 Å². The molecule has 0 saturated heterocycles. The van der Waals surface area contributed by atoms with Crippen LogP contribution in [0, 0.1) is 0 Å². The zero-order valence-electron chi connectivity index (χ0n) is 17.5. The maximum Gasteiger partial charge on any atom is 0.220 e. The molecular formula is C26H23ClN2O2S. The summed E-state index contributed by atoms with van der Waals surface area (Å²) in [6.07, 6.45) is 1.07. The number of amides is 1. The predicted molar refractivity (Wildman–Crippen MR) is 131 cm³/mol. The maximum absolute atomic E-state index is 12.2. The molecule has 0 bridgehead atoms. The van der Waals surface area contributed by atoms with Crippen molar-refractivity contribution in [2.45, 2.75) is 19.4 Å². The van der Waals surface area contributed by atoms with E-state index < -0.39 is 0 Å². The molecule has 0 aliphatic rings. The molecule has 32 heavy (non-hydrogen) atoms. The monoisotopic (exact) mass is 462 g/mol. The summed E-state index contributed by atoms with van der Waals surface area (Å²) in [5.74, 6) is 0.764. The molecule has 162 valence electrons. The number of nitrogens with one attached hydrogen (secondary N) is 1. The lowest BCUT2D eigenvalue weighted by molar-refractivity contribution is -0.121. The quantitative estimate of drug-likeness (QED) is 0.285. The van der Waals surface area contributed by atoms with E-state index in [0.717, 1.165) is 33.1 Å². The fourth-order valence-corrected chi connectivity index (χ4v) is 4.16. The van der Waals surface area contributed by atoms with Crippen LogP contribution < -0.4 is 10.1 Å². The molecule has 0 fully saturated rings. The molecule has 1 aromatic heterocycles. The Bertz CT molecular complexity index is 1160. The number of thiazole rings is 1. The van der Waals surface area contributed by atoms with E-state index in [1.165, 1.54) is 0 Å². The van der Waals surface area contributed by atoms with Crippen LogP contribution in [0.15, 0.2) is 84.2 Å². The van der Waals surface area contributed by atoms with E-state index in [0.29, 0.717) is 31.0 Å². The highest BCUT2D eigenvalue weighted by Gasteiger charge is 2.08. The minimum Gasteiger partial charge on any atom is -0.494 e. The Balaban J connectivity index is 1.25. The first-order valence-electron chi connectivity index (χ1n) is 10.4. The average molecular weight is 463 g/mol. The lowest BCUT2D eigenvalue weighted by Crippen LogP contribution is -2.23. The molecule has 6 heteroatoms. The van der Waals surface area contributed by atoms with Crippen molar-refractivity contribution in [1.82, 2.24) is 10.3 Å². The molecule has 1 amide bonds. The molecule has 0 aliphatic carbocycles. The van der Waals surface area contributed by atoms with Gasteiger partial charge in [-0.3, -0.25) is 4.79 Å². The highest BCUT2D eigenvalue weighted by Crippen LogP contribution is 2.29. The summed E-state index contributed by atoms with van der Waals surface area (Å²) < 4.78 is 5.63. The van der Waals surface area contributed by atoms with Gasteiger partial charge in [-0.25, -0.2) is 4.98 Å². The Kier molecular flexibility index (Phi) is 7.54. The number of carbonyl (C=O) groups excluding carboxylic acids is 1. The molecule has 1 N–H and O–H groups in total. The van der Waals surface area contributed by atoms with Crippen LogP contribution in [0.2, 0.25) is 5.02 Å². The number of rotatable bonds is 9. The van der Waals surface area contributed by atoms with E-state index in [1.54, 1.807) is 23.5 Å². The minimum atomic E-state index is 0.00993. The van der Waals surface area contributed by atoms with Crippen LogP contribution in [0.1, 0.15) is 18.4 Å². The second kappa shape index (κ2) is 10.9. The number of ether oxygens (including phenoxy) is 1. The summed E-state index contributed by atoms with van der Waals surface area (Å²) >= 11 is 7.48. The number of benzene rings is 3. The Morgan fingerprint density at radius 2 is 1.75 bits per heavy atom. The number of carbonyl (C=O) groups is 1. The van der Waals surface area contributed by atoms with Gasteiger partial charge in [0.05, 0.1) is 12.3 Å². The highest BCUT2D eigenvalue weighted by molar-refractivity contribution is 7.13. The van der Waals surface area contributed by atoms with Gasteiger partial charge in [-0.2, -0.15) is 0 Å². The van der Waals surface area contributed by atoms with E-state index in [2.05, 4.69) is 28.9 Å². The molecule has 0 aliphatic heterocycles. The van der Waals surface area contributed by atoms with Gasteiger partial charge in [-0.15, -0.1) is 11.3 Å². The molecule has 1 heterocycles. The topological polar surface area (TPSA) is 51.2 Å². The Morgan fingerprint density at radius 1 is 0.969 bits per heavy atom. The zero-order valence-corrected chi connectivity index (χ0v) is 19.0. The molecule has 0 saturated carbocycles. The van der Waals surface area contributed by atoms with Gasteiger partial charge in [-0.05, 0) is 42.3 Å². The van der Waals surface area contributed by atoms with E-state index >= 15 is 0 Å². The number of aromatic nitrogens is 1. The van der Waals surface area contributed by atoms with Crippen molar-refractivity contribution in [3.05, 3.63) is 94.8 Å². The number of hydrogen-bond acceptors (Lipinski definition) is 4. The van der Waals surface area contributed by atoms with Crippen molar-refractivity contribution < 1.29 is 9.53 Å². The molecule has 4 nitrogen and oxygen atoms in total. The summed E-state index contributed by atoms with van der Waals surface area (Å²) in [5.41, 5.74) is 4.19. The van der Waals surface area contributed by atoms with E-state index in [-0.39, 0.29) is 5.91 Å². The number of nitrogens with zero attached hydrogens (tertiary/aromatic N) is 1. The van der Waals surface area contributed by atoms with Crippen molar-refractivity contribution in [3.8, 4) is 27.6 Å². The standard InChI is InChI=1S/C26H23ClN2O2S/c27-22-11-13-23(14-12-22)31-15-5-10-25(30)28-17-19-6-4-9-21(16-19)26-29-24(18-32-26)20-7-2-1-3-8-20/h1-4,6-9,11-14,16,18H,5,10,15,17H2,(H,28,30). The fraction of sp³-hybridized carbons (Fsp3) is 0.154. The van der Waals surface area contributed by atoms with Crippen LogP contribution in [0.5, 0.6) is 5.75 Å². The van der Waals surface area contributed by atoms with E-state index in [4.69, 9.17) is 21.3 Å². The smallest absolute Gasteiger partial charge is 0.220 e. The highest BCUT2D eigenvalue weighted by atomic mass is 35.5. The lowest BCUT2D eigenvalue weighted by atomic mass is 10.1. The zero-order chi connectivity index (χ0) is 22.2. The van der Waals surface area contributed by atoms with E-state index in [9.17, 15) is 4.79 Å². The Morgan fingerprint density at radius 3 is 2.56 bits per heavy atom. The summed E-state index contributed by atoms with van der Waals surface area (Å²) in [6.45, 7) is 0.972. The van der Waals surface area contributed by atoms with Gasteiger partial charge in [0.15, 0.2) is 0 Å². The number of hydrogen-bond donors (Lipinski definition) is 1. The maximum atomic E-state index is 12.2. The summed E-state index contributed by atoms with van der Waals surface area (Å²) in [4.78, 5) is 17.0. The Labute approximate surface area is 196 Å². The first-order valence-corrected chi connectivity index (χ1v) is 11.7. The van der Waals surface area contributed by atoms with Gasteiger partial charge in [0.25, 0.3) is 0 Å². The van der Waals surface area contributed by atoms with Gasteiger partial charge in [0, 0.05) is 34.5 Å². The Hall–Kier alpha value is -3.15. The van der Waals surface area contributed by atoms with Gasteiger partial charge < -0.3 is 10.1 Å². The first-order chi connectivity index (χ1) is 15.7. The molecular weight excluding hydrogens is 440 g/mol. The third-order valence-electron chi connectivity index (χ3n) is 4.87. The van der Waals surface area contributed by atoms with Crippen molar-refractivity contribution in [2.24, 2.45) is 0 Å². The van der Waals surface area contributed by atoms with E-state index in [1.807, 2.05) is 48.5 Å². The van der Waals surface area contributed by atoms with Gasteiger partial charge >= 0.3 is 0 Å². The van der Waals surface area contributed by atoms with Crippen molar-refractivity contribution in [2.75, 3.05) is 6.61 Å². The molecule has 3 aromatic carbocycles. The molecule has 0 radical (unpaired) electrons. The summed E-state index contributed by atoms with van der Waals surface area (Å²) in [5, 5.41) is 6.70. The van der Waals surface area contributed by atoms with Crippen LogP contribution in [-0.4, -0.2) is 17.5 Å². The second-order valence-electron chi connectivity index (χ2n) is 7.29. The van der Waals surface area contributed by atoms with Crippen LogP contribution in [0.25, 0.3) is 21.8 Å². The largest absolute Gasteiger partial charge is 0.494 e. The predicted octanol–water partition coefficient (Wildman–Crippen LogP) is 6.61. The molecule has 4 rings (SSSR count). The molecule has 0 atom stereocenters. The van der Waals surface area contributed by atoms with Crippen LogP contribution >= 0.6 is 22.9 Å². The van der Waals surface area contributed by atoms with Gasteiger partial charge in [-0.1, -0.05) is 60.1 Å². The normalized spacial score (nSPS) is 10.7.